The number of anilines is 1. The highest BCUT2D eigenvalue weighted by atomic mass is 35.5. The summed E-state index contributed by atoms with van der Waals surface area (Å²) in [7, 11) is 0. The average molecular weight is 335 g/mol. The monoisotopic (exact) mass is 334 g/mol. The van der Waals surface area contributed by atoms with Crippen molar-refractivity contribution in [3.63, 3.8) is 0 Å². The third-order valence-electron chi connectivity index (χ3n) is 4.06. The van der Waals surface area contributed by atoms with Gasteiger partial charge in [0.25, 0.3) is 5.91 Å². The van der Waals surface area contributed by atoms with E-state index < -0.39 is 0 Å². The van der Waals surface area contributed by atoms with Gasteiger partial charge in [-0.15, -0.1) is 12.4 Å². The molecule has 0 saturated carbocycles. The Morgan fingerprint density at radius 1 is 1.26 bits per heavy atom. The van der Waals surface area contributed by atoms with Gasteiger partial charge in [0.1, 0.15) is 5.82 Å². The van der Waals surface area contributed by atoms with Crippen LogP contribution < -0.4 is 10.6 Å². The van der Waals surface area contributed by atoms with Gasteiger partial charge in [-0.05, 0) is 66.8 Å². The fourth-order valence-corrected chi connectivity index (χ4v) is 2.80. The number of amides is 1. The third kappa shape index (κ3) is 4.02. The molecule has 0 aliphatic carbocycles. The molecule has 3 rings (SSSR count). The summed E-state index contributed by atoms with van der Waals surface area (Å²) in [5, 5.41) is 6.21. The number of benzene rings is 2. The van der Waals surface area contributed by atoms with E-state index in [4.69, 9.17) is 0 Å². The molecule has 0 aromatic heterocycles. The minimum Gasteiger partial charge on any atom is -0.384 e. The van der Waals surface area contributed by atoms with Crippen LogP contribution in [-0.4, -0.2) is 19.0 Å². The summed E-state index contributed by atoms with van der Waals surface area (Å²) < 4.78 is 13.1. The summed E-state index contributed by atoms with van der Waals surface area (Å²) in [6.45, 7) is 3.36. The Kier molecular flexibility index (Phi) is 5.61. The standard InChI is InChI=1S/C18H19FN2O.ClH/c1-12-10-16(19)4-2-13(12)6-9-21-18(22)15-3-5-17-14(11-15)7-8-20-17;/h2-5,10-11,20H,6-9H2,1H3,(H,21,22);1H. The van der Waals surface area contributed by atoms with Crippen LogP contribution in [0.5, 0.6) is 0 Å². The van der Waals surface area contributed by atoms with E-state index in [2.05, 4.69) is 10.6 Å². The SMILES string of the molecule is Cc1cc(F)ccc1CCNC(=O)c1ccc2c(c1)CCN2.Cl. The summed E-state index contributed by atoms with van der Waals surface area (Å²) in [4.78, 5) is 12.2. The molecule has 0 bridgehead atoms. The molecule has 1 heterocycles. The lowest BCUT2D eigenvalue weighted by Crippen LogP contribution is -2.25. The molecule has 0 fully saturated rings. The first kappa shape index (κ1) is 17.3. The van der Waals surface area contributed by atoms with Gasteiger partial charge in [-0.1, -0.05) is 6.07 Å². The van der Waals surface area contributed by atoms with Gasteiger partial charge in [-0.2, -0.15) is 0 Å². The Bertz CT molecular complexity index is 718. The van der Waals surface area contributed by atoms with Crippen LogP contribution in [-0.2, 0) is 12.8 Å². The molecule has 23 heavy (non-hydrogen) atoms. The van der Waals surface area contributed by atoms with Crippen LogP contribution in [0.1, 0.15) is 27.0 Å². The summed E-state index contributed by atoms with van der Waals surface area (Å²) in [5.41, 5.74) is 4.98. The number of hydrogen-bond donors (Lipinski definition) is 2. The van der Waals surface area contributed by atoms with Gasteiger partial charge in [0.15, 0.2) is 0 Å². The number of carbonyl (C=O) groups excluding carboxylic acids is 1. The van der Waals surface area contributed by atoms with Crippen LogP contribution in [0.25, 0.3) is 0 Å². The fourth-order valence-electron chi connectivity index (χ4n) is 2.80. The lowest BCUT2D eigenvalue weighted by atomic mass is 10.1. The first-order valence-electron chi connectivity index (χ1n) is 7.53. The molecule has 1 aliphatic heterocycles. The second-order valence-electron chi connectivity index (χ2n) is 5.63. The van der Waals surface area contributed by atoms with Gasteiger partial charge in [-0.25, -0.2) is 4.39 Å². The lowest BCUT2D eigenvalue weighted by molar-refractivity contribution is 0.0954. The van der Waals surface area contributed by atoms with Crippen molar-refractivity contribution in [1.29, 1.82) is 0 Å². The zero-order valence-corrected chi connectivity index (χ0v) is 13.8. The van der Waals surface area contributed by atoms with Crippen molar-refractivity contribution in [2.24, 2.45) is 0 Å². The van der Waals surface area contributed by atoms with Crippen molar-refractivity contribution in [3.8, 4) is 0 Å². The molecular formula is C18H20ClFN2O. The fraction of sp³-hybridized carbons (Fsp3) is 0.278. The van der Waals surface area contributed by atoms with Gasteiger partial charge < -0.3 is 10.6 Å². The number of halogens is 2. The number of carbonyl (C=O) groups is 1. The minimum atomic E-state index is -0.225. The summed E-state index contributed by atoms with van der Waals surface area (Å²) in [5.74, 6) is -0.286. The molecule has 1 aliphatic rings. The molecule has 3 nitrogen and oxygen atoms in total. The van der Waals surface area contributed by atoms with Gasteiger partial charge in [0, 0.05) is 24.3 Å². The molecule has 0 radical (unpaired) electrons. The van der Waals surface area contributed by atoms with Crippen molar-refractivity contribution in [1.82, 2.24) is 5.32 Å². The molecule has 2 aromatic rings. The van der Waals surface area contributed by atoms with E-state index in [0.717, 1.165) is 29.8 Å². The molecule has 5 heteroatoms. The molecule has 0 saturated heterocycles. The van der Waals surface area contributed by atoms with E-state index >= 15 is 0 Å². The normalized spacial score (nSPS) is 12.1. The first-order valence-corrected chi connectivity index (χ1v) is 7.53. The van der Waals surface area contributed by atoms with Crippen molar-refractivity contribution in [2.75, 3.05) is 18.4 Å². The van der Waals surface area contributed by atoms with E-state index in [-0.39, 0.29) is 24.1 Å². The highest BCUT2D eigenvalue weighted by molar-refractivity contribution is 5.95. The number of rotatable bonds is 4. The summed E-state index contributed by atoms with van der Waals surface area (Å²) >= 11 is 0. The maximum atomic E-state index is 13.1. The Hall–Kier alpha value is -2.07. The molecule has 0 unspecified atom stereocenters. The first-order chi connectivity index (χ1) is 10.6. The van der Waals surface area contributed by atoms with Crippen molar-refractivity contribution >= 4 is 24.0 Å². The van der Waals surface area contributed by atoms with Gasteiger partial charge in [0.2, 0.25) is 0 Å². The molecule has 2 aromatic carbocycles. The maximum absolute atomic E-state index is 13.1. The van der Waals surface area contributed by atoms with Crippen LogP contribution in [0.15, 0.2) is 36.4 Å². The van der Waals surface area contributed by atoms with E-state index in [9.17, 15) is 9.18 Å². The van der Waals surface area contributed by atoms with Crippen molar-refractivity contribution in [2.45, 2.75) is 19.8 Å². The van der Waals surface area contributed by atoms with Crippen LogP contribution in [0, 0.1) is 12.7 Å². The molecule has 0 atom stereocenters. The number of hydrogen-bond acceptors (Lipinski definition) is 2. The highest BCUT2D eigenvalue weighted by Crippen LogP contribution is 2.22. The van der Waals surface area contributed by atoms with Crippen LogP contribution >= 0.6 is 12.4 Å². The second-order valence-corrected chi connectivity index (χ2v) is 5.63. The number of fused-ring (bicyclic) bond motifs is 1. The molecular weight excluding hydrogens is 315 g/mol. The smallest absolute Gasteiger partial charge is 0.251 e. The maximum Gasteiger partial charge on any atom is 0.251 e. The molecule has 0 spiro atoms. The van der Waals surface area contributed by atoms with E-state index in [1.807, 2.05) is 25.1 Å². The number of aryl methyl sites for hydroxylation is 1. The van der Waals surface area contributed by atoms with E-state index in [1.54, 1.807) is 6.07 Å². The van der Waals surface area contributed by atoms with E-state index in [0.29, 0.717) is 18.5 Å². The van der Waals surface area contributed by atoms with Gasteiger partial charge in [0.05, 0.1) is 0 Å². The largest absolute Gasteiger partial charge is 0.384 e. The van der Waals surface area contributed by atoms with Crippen LogP contribution in [0.4, 0.5) is 10.1 Å². The molecule has 122 valence electrons. The quantitative estimate of drug-likeness (QED) is 0.898. The average Bonchev–Trinajstić information content (AvgIpc) is 2.96. The lowest BCUT2D eigenvalue weighted by Gasteiger charge is -2.09. The van der Waals surface area contributed by atoms with E-state index in [1.165, 1.54) is 17.7 Å². The summed E-state index contributed by atoms with van der Waals surface area (Å²) in [6, 6.07) is 10.5. The van der Waals surface area contributed by atoms with Gasteiger partial charge in [-0.3, -0.25) is 4.79 Å². The van der Waals surface area contributed by atoms with Crippen molar-refractivity contribution in [3.05, 3.63) is 64.5 Å². The third-order valence-corrected chi connectivity index (χ3v) is 4.06. The molecule has 1 amide bonds. The minimum absolute atomic E-state index is 0. The van der Waals surface area contributed by atoms with Gasteiger partial charge >= 0.3 is 0 Å². The topological polar surface area (TPSA) is 41.1 Å². The predicted molar refractivity (Wildman–Crippen MR) is 93.1 cm³/mol. The zero-order chi connectivity index (χ0) is 15.5. The van der Waals surface area contributed by atoms with Crippen molar-refractivity contribution < 1.29 is 9.18 Å². The predicted octanol–water partition coefficient (Wildman–Crippen LogP) is 3.50. The Morgan fingerprint density at radius 2 is 2.09 bits per heavy atom. The second kappa shape index (κ2) is 7.47. The highest BCUT2D eigenvalue weighted by Gasteiger charge is 2.13. The molecule has 2 N–H and O–H groups in total. The van der Waals surface area contributed by atoms with Crippen LogP contribution in [0.2, 0.25) is 0 Å². The Labute approximate surface area is 141 Å². The number of nitrogens with one attached hydrogen (secondary N) is 2. The zero-order valence-electron chi connectivity index (χ0n) is 13.0. The Balaban J connectivity index is 0.00000192. The summed E-state index contributed by atoms with van der Waals surface area (Å²) in [6.07, 6.45) is 1.66. The Morgan fingerprint density at radius 3 is 2.87 bits per heavy atom. The van der Waals surface area contributed by atoms with Crippen LogP contribution in [0.3, 0.4) is 0 Å².